The molecule has 2 amide bonds. The molecule has 1 aliphatic rings. The van der Waals surface area contributed by atoms with Gasteiger partial charge in [0.05, 0.1) is 10.8 Å². The van der Waals surface area contributed by atoms with Gasteiger partial charge in [0.2, 0.25) is 21.8 Å². The molecule has 2 N–H and O–H groups in total. The van der Waals surface area contributed by atoms with E-state index >= 15 is 0 Å². The maximum atomic E-state index is 14.0. The number of hydrogen-bond acceptors (Lipinski definition) is 4. The van der Waals surface area contributed by atoms with Gasteiger partial charge in [0, 0.05) is 42.8 Å². The van der Waals surface area contributed by atoms with Crippen LogP contribution in [0.25, 0.3) is 0 Å². The molecule has 1 heterocycles. The number of nitrogens with two attached hydrogens (primary N) is 1. The summed E-state index contributed by atoms with van der Waals surface area (Å²) in [5.74, 6) is -1.80. The Morgan fingerprint density at radius 2 is 2.00 bits per heavy atom. The molecule has 1 saturated heterocycles. The fourth-order valence-electron chi connectivity index (χ4n) is 3.26. The number of hydrogen-bond donors (Lipinski definition) is 1. The molecule has 0 aliphatic carbocycles. The maximum absolute atomic E-state index is 14.0. The Morgan fingerprint density at radius 1 is 1.31 bits per heavy atom. The molecule has 2 aromatic carbocycles. The summed E-state index contributed by atoms with van der Waals surface area (Å²) in [6.45, 7) is 0.0526. The molecule has 0 aromatic heterocycles. The molecule has 29 heavy (non-hydrogen) atoms. The quantitative estimate of drug-likeness (QED) is 0.771. The summed E-state index contributed by atoms with van der Waals surface area (Å²) in [5, 5.41) is 5.35. The summed E-state index contributed by atoms with van der Waals surface area (Å²) in [6, 6.07) is 9.95. The molecule has 0 unspecified atom stereocenters. The van der Waals surface area contributed by atoms with E-state index in [-0.39, 0.29) is 46.8 Å². The zero-order valence-electron chi connectivity index (χ0n) is 15.5. The van der Waals surface area contributed by atoms with E-state index in [0.29, 0.717) is 5.69 Å². The minimum absolute atomic E-state index is 0.0318. The van der Waals surface area contributed by atoms with Gasteiger partial charge in [-0.2, -0.15) is 0 Å². The second-order valence-corrected chi connectivity index (χ2v) is 8.81. The number of halogens is 2. The summed E-state index contributed by atoms with van der Waals surface area (Å²) in [4.78, 5) is 27.8. The number of carbonyl (C=O) groups is 2. The molecule has 0 radical (unpaired) electrons. The molecule has 1 atom stereocenters. The molecule has 0 bridgehead atoms. The van der Waals surface area contributed by atoms with Gasteiger partial charge in [-0.15, -0.1) is 0 Å². The molecule has 0 saturated carbocycles. The summed E-state index contributed by atoms with van der Waals surface area (Å²) >= 11 is 6.02. The highest BCUT2D eigenvalue weighted by atomic mass is 35.5. The number of benzene rings is 2. The van der Waals surface area contributed by atoms with Crippen molar-refractivity contribution < 1.29 is 22.4 Å². The van der Waals surface area contributed by atoms with Crippen molar-refractivity contribution in [2.45, 2.75) is 17.9 Å². The van der Waals surface area contributed by atoms with Gasteiger partial charge in [-0.3, -0.25) is 9.59 Å². The van der Waals surface area contributed by atoms with Gasteiger partial charge >= 0.3 is 0 Å². The summed E-state index contributed by atoms with van der Waals surface area (Å²) in [5.41, 5.74) is 0.545. The van der Waals surface area contributed by atoms with Crippen LogP contribution in [0.1, 0.15) is 12.0 Å². The third-order valence-electron chi connectivity index (χ3n) is 4.77. The minimum atomic E-state index is -3.92. The first kappa shape index (κ1) is 21.2. The molecular formula is C19H19ClFN3O4S. The van der Waals surface area contributed by atoms with Gasteiger partial charge in [-0.1, -0.05) is 23.7 Å². The lowest BCUT2D eigenvalue weighted by atomic mass is 10.1. The van der Waals surface area contributed by atoms with Gasteiger partial charge in [0.15, 0.2) is 0 Å². The number of rotatable bonds is 5. The van der Waals surface area contributed by atoms with Gasteiger partial charge in [-0.05, 0) is 30.3 Å². The van der Waals surface area contributed by atoms with Gasteiger partial charge in [0.25, 0.3) is 0 Å². The van der Waals surface area contributed by atoms with E-state index in [1.165, 1.54) is 53.2 Å². The first-order valence-electron chi connectivity index (χ1n) is 8.69. The topological polar surface area (TPSA) is 101 Å². The molecule has 2 aromatic rings. The Morgan fingerprint density at radius 3 is 2.66 bits per heavy atom. The van der Waals surface area contributed by atoms with Crippen LogP contribution in [-0.4, -0.2) is 38.7 Å². The number of nitrogens with zero attached hydrogens (tertiary/aromatic N) is 2. The predicted octanol–water partition coefficient (Wildman–Crippen LogP) is 2.14. The van der Waals surface area contributed by atoms with Crippen molar-refractivity contribution in [2.24, 2.45) is 11.1 Å². The van der Waals surface area contributed by atoms with Crippen LogP contribution in [0.2, 0.25) is 5.02 Å². The Labute approximate surface area is 172 Å². The Kier molecular flexibility index (Phi) is 5.92. The predicted molar refractivity (Wildman–Crippen MR) is 106 cm³/mol. The smallest absolute Gasteiger partial charge is 0.238 e. The highest BCUT2D eigenvalue weighted by Gasteiger charge is 2.37. The number of amides is 2. The molecule has 1 fully saturated rings. The van der Waals surface area contributed by atoms with Crippen molar-refractivity contribution in [1.82, 2.24) is 4.90 Å². The molecule has 1 aliphatic heterocycles. The largest absolute Gasteiger partial charge is 0.341 e. The highest BCUT2D eigenvalue weighted by molar-refractivity contribution is 7.89. The molecule has 0 spiro atoms. The van der Waals surface area contributed by atoms with Crippen LogP contribution in [-0.2, 0) is 26.2 Å². The lowest BCUT2D eigenvalue weighted by Crippen LogP contribution is -2.34. The van der Waals surface area contributed by atoms with Gasteiger partial charge in [0.1, 0.15) is 5.82 Å². The van der Waals surface area contributed by atoms with Crippen molar-refractivity contribution in [3.05, 3.63) is 58.9 Å². The third-order valence-corrected chi connectivity index (χ3v) is 6.03. The van der Waals surface area contributed by atoms with Crippen molar-refractivity contribution in [1.29, 1.82) is 0 Å². The van der Waals surface area contributed by atoms with E-state index in [2.05, 4.69) is 0 Å². The fourth-order valence-corrected chi connectivity index (χ4v) is 4.04. The van der Waals surface area contributed by atoms with Crippen molar-refractivity contribution in [2.75, 3.05) is 18.5 Å². The Balaban J connectivity index is 1.75. The fraction of sp³-hybridized carbons (Fsp3) is 0.263. The number of carbonyl (C=O) groups excluding carboxylic acids is 2. The minimum Gasteiger partial charge on any atom is -0.341 e. The van der Waals surface area contributed by atoms with Crippen LogP contribution in [0, 0.1) is 11.7 Å². The van der Waals surface area contributed by atoms with Crippen LogP contribution in [0.5, 0.6) is 0 Å². The molecule has 3 rings (SSSR count). The highest BCUT2D eigenvalue weighted by Crippen LogP contribution is 2.28. The first-order valence-corrected chi connectivity index (χ1v) is 10.6. The summed E-state index contributed by atoms with van der Waals surface area (Å²) in [6.07, 6.45) is -0.0339. The normalized spacial score (nSPS) is 16.9. The SMILES string of the molecule is CN(Cc1c(F)cccc1Cl)C(=O)[C@@H]1CC(=O)N(c2cccc(S(N)(=O)=O)c2)C1. The van der Waals surface area contributed by atoms with Gasteiger partial charge in [-0.25, -0.2) is 17.9 Å². The third kappa shape index (κ3) is 4.58. The summed E-state index contributed by atoms with van der Waals surface area (Å²) < 4.78 is 37.1. The van der Waals surface area contributed by atoms with E-state index in [0.717, 1.165) is 0 Å². The second kappa shape index (κ2) is 8.10. The van der Waals surface area contributed by atoms with Crippen LogP contribution < -0.4 is 10.0 Å². The number of primary sulfonamides is 1. The molecule has 10 heteroatoms. The average Bonchev–Trinajstić information content (AvgIpc) is 3.05. The van der Waals surface area contributed by atoms with Crippen LogP contribution in [0.4, 0.5) is 10.1 Å². The van der Waals surface area contributed by atoms with E-state index in [9.17, 15) is 22.4 Å². The van der Waals surface area contributed by atoms with Crippen LogP contribution in [0.3, 0.4) is 0 Å². The maximum Gasteiger partial charge on any atom is 0.238 e. The standard InChI is InChI=1S/C19H19ClFN3O4S/c1-23(11-15-16(20)6-3-7-17(15)21)19(26)12-8-18(25)24(10-12)13-4-2-5-14(9-13)29(22,27)28/h2-7,9,12H,8,10-11H2,1H3,(H2,22,27,28)/t12-/m1/s1. The zero-order valence-corrected chi connectivity index (χ0v) is 17.1. The van der Waals surface area contributed by atoms with Crippen LogP contribution >= 0.6 is 11.6 Å². The Hall–Kier alpha value is -2.49. The zero-order chi connectivity index (χ0) is 21.3. The van der Waals surface area contributed by atoms with Crippen molar-refractivity contribution >= 4 is 39.1 Å². The monoisotopic (exact) mass is 439 g/mol. The summed E-state index contributed by atoms with van der Waals surface area (Å²) in [7, 11) is -2.41. The molecular weight excluding hydrogens is 421 g/mol. The number of anilines is 1. The average molecular weight is 440 g/mol. The Bertz CT molecular complexity index is 1060. The first-order chi connectivity index (χ1) is 13.6. The second-order valence-electron chi connectivity index (χ2n) is 6.84. The molecule has 154 valence electrons. The lowest BCUT2D eigenvalue weighted by molar-refractivity contribution is -0.135. The van der Waals surface area contributed by atoms with E-state index in [1.807, 2.05) is 0 Å². The number of sulfonamides is 1. The van der Waals surface area contributed by atoms with Crippen molar-refractivity contribution in [3.8, 4) is 0 Å². The van der Waals surface area contributed by atoms with E-state index in [1.54, 1.807) is 6.07 Å². The van der Waals surface area contributed by atoms with E-state index < -0.39 is 21.8 Å². The lowest BCUT2D eigenvalue weighted by Gasteiger charge is -2.22. The molecule has 7 nitrogen and oxygen atoms in total. The van der Waals surface area contributed by atoms with Crippen LogP contribution in [0.15, 0.2) is 47.4 Å². The van der Waals surface area contributed by atoms with Crippen molar-refractivity contribution in [3.63, 3.8) is 0 Å². The van der Waals surface area contributed by atoms with Gasteiger partial charge < -0.3 is 9.80 Å². The van der Waals surface area contributed by atoms with E-state index in [4.69, 9.17) is 16.7 Å².